The van der Waals surface area contributed by atoms with Crippen molar-refractivity contribution < 1.29 is 28.6 Å². The lowest BCUT2D eigenvalue weighted by Crippen LogP contribution is -2.40. The molecule has 0 spiro atoms. The van der Waals surface area contributed by atoms with Crippen LogP contribution in [-0.2, 0) is 28.6 Å². The summed E-state index contributed by atoms with van der Waals surface area (Å²) in [5, 5.41) is 0. The third kappa shape index (κ3) is 10.1. The molecule has 0 saturated heterocycles. The standard InChI is InChI=1S/C46H68O6/c1-5-31-7-11-35(12-8-31)44(48)51-41-25-17-34(18-26-41)43(47)33-15-23-39(24-16-33)50-40-27-19-37(20-28-40)46(3,4)38-21-29-42(30-22-38)52-45(49)36-13-9-32(6-2)10-14-36/h1-2,31-42H,7-30H2,3-4H3. The first-order valence-electron chi connectivity index (χ1n) is 21.6. The van der Waals surface area contributed by atoms with E-state index in [0.29, 0.717) is 35.6 Å². The van der Waals surface area contributed by atoms with E-state index >= 15 is 0 Å². The third-order valence-corrected chi connectivity index (χ3v) is 15.1. The molecule has 0 atom stereocenters. The minimum absolute atomic E-state index is 0.00500. The molecule has 0 unspecified atom stereocenters. The highest BCUT2D eigenvalue weighted by Gasteiger charge is 2.42. The second-order valence-electron chi connectivity index (χ2n) is 18.6. The number of carbonyl (C=O) groups is 3. The Kier molecular flexibility index (Phi) is 13.9. The SMILES string of the molecule is C#CC1CCC(C(=O)OC2CCC(C(=O)C3CCC(OC4CCC(C(C)(C)C5CCC(OC(=O)C6CCC(C#C)CC6)CC5)CC4)CC3)CC2)CC1. The lowest BCUT2D eigenvalue weighted by atomic mass is 9.60. The Morgan fingerprint density at radius 2 is 0.750 bits per heavy atom. The van der Waals surface area contributed by atoms with Crippen LogP contribution >= 0.6 is 0 Å². The Balaban J connectivity index is 0.837. The van der Waals surface area contributed by atoms with Crippen LogP contribution in [0.4, 0.5) is 0 Å². The molecule has 0 radical (unpaired) electrons. The molecule has 6 saturated carbocycles. The normalized spacial score (nSPS) is 38.9. The van der Waals surface area contributed by atoms with E-state index in [-0.39, 0.29) is 59.3 Å². The number of Topliss-reactive ketones (excluding diaryl/α,β-unsaturated/α-hetero) is 1. The molecule has 0 bridgehead atoms. The first-order chi connectivity index (χ1) is 25.1. The number of esters is 2. The van der Waals surface area contributed by atoms with Gasteiger partial charge in [0, 0.05) is 23.7 Å². The molecule has 0 aromatic rings. The minimum Gasteiger partial charge on any atom is -0.462 e. The van der Waals surface area contributed by atoms with Gasteiger partial charge in [0.1, 0.15) is 18.0 Å². The Morgan fingerprint density at radius 1 is 0.442 bits per heavy atom. The van der Waals surface area contributed by atoms with Gasteiger partial charge >= 0.3 is 11.9 Å². The number of hydrogen-bond donors (Lipinski definition) is 0. The maximum Gasteiger partial charge on any atom is 0.309 e. The Morgan fingerprint density at radius 3 is 1.12 bits per heavy atom. The van der Waals surface area contributed by atoms with Crippen molar-refractivity contribution in [1.29, 1.82) is 0 Å². The maximum absolute atomic E-state index is 13.5. The smallest absolute Gasteiger partial charge is 0.309 e. The summed E-state index contributed by atoms with van der Waals surface area (Å²) in [4.78, 5) is 39.1. The van der Waals surface area contributed by atoms with Gasteiger partial charge in [-0.25, -0.2) is 0 Å². The van der Waals surface area contributed by atoms with E-state index in [4.69, 9.17) is 27.1 Å². The van der Waals surface area contributed by atoms with Crippen LogP contribution in [-0.4, -0.2) is 42.1 Å². The van der Waals surface area contributed by atoms with Crippen LogP contribution < -0.4 is 0 Å². The lowest BCUT2D eigenvalue weighted by molar-refractivity contribution is -0.158. The summed E-state index contributed by atoms with van der Waals surface area (Å²) in [6.45, 7) is 4.98. The molecule has 0 heterocycles. The number of carbonyl (C=O) groups excluding carboxylic acids is 3. The van der Waals surface area contributed by atoms with Gasteiger partial charge in [-0.2, -0.15) is 0 Å². The minimum atomic E-state index is -0.0469. The van der Waals surface area contributed by atoms with Crippen molar-refractivity contribution in [3.05, 3.63) is 0 Å². The van der Waals surface area contributed by atoms with Crippen molar-refractivity contribution in [1.82, 2.24) is 0 Å². The second-order valence-corrected chi connectivity index (χ2v) is 18.6. The van der Waals surface area contributed by atoms with Crippen molar-refractivity contribution >= 4 is 17.7 Å². The van der Waals surface area contributed by atoms with Gasteiger partial charge in [-0.15, -0.1) is 24.7 Å². The van der Waals surface area contributed by atoms with Gasteiger partial charge in [0.15, 0.2) is 0 Å². The average molecular weight is 717 g/mol. The fourth-order valence-corrected chi connectivity index (χ4v) is 11.3. The van der Waals surface area contributed by atoms with Crippen LogP contribution in [0.5, 0.6) is 0 Å². The molecule has 6 aliphatic rings. The number of ether oxygens (including phenoxy) is 3. The zero-order chi connectivity index (χ0) is 36.7. The summed E-state index contributed by atoms with van der Waals surface area (Å²) in [6.07, 6.45) is 35.3. The molecule has 0 aromatic carbocycles. The van der Waals surface area contributed by atoms with Gasteiger partial charge in [-0.05, 0) is 171 Å². The summed E-state index contributed by atoms with van der Waals surface area (Å²) in [6, 6.07) is 0. The molecular weight excluding hydrogens is 649 g/mol. The second kappa shape index (κ2) is 18.3. The quantitative estimate of drug-likeness (QED) is 0.166. The molecule has 0 aromatic heterocycles. The van der Waals surface area contributed by atoms with Crippen LogP contribution in [0.15, 0.2) is 0 Å². The van der Waals surface area contributed by atoms with Crippen molar-refractivity contribution in [2.45, 2.75) is 192 Å². The van der Waals surface area contributed by atoms with Crippen molar-refractivity contribution in [2.75, 3.05) is 0 Å². The molecule has 6 heteroatoms. The molecule has 0 N–H and O–H groups in total. The monoisotopic (exact) mass is 717 g/mol. The summed E-state index contributed by atoms with van der Waals surface area (Å²) in [5.41, 5.74) is 0.286. The molecule has 0 aliphatic heterocycles. The fraction of sp³-hybridized carbons (Fsp3) is 0.848. The molecule has 6 aliphatic carbocycles. The zero-order valence-electron chi connectivity index (χ0n) is 32.5. The van der Waals surface area contributed by atoms with Crippen LogP contribution in [0.25, 0.3) is 0 Å². The third-order valence-electron chi connectivity index (χ3n) is 15.1. The molecule has 52 heavy (non-hydrogen) atoms. The Hall–Kier alpha value is -2.31. The largest absolute Gasteiger partial charge is 0.462 e. The molecule has 288 valence electrons. The Labute approximate surface area is 315 Å². The van der Waals surface area contributed by atoms with E-state index in [1.54, 1.807) is 0 Å². The zero-order valence-corrected chi connectivity index (χ0v) is 32.5. The Bertz CT molecular complexity index is 1260. The fourth-order valence-electron chi connectivity index (χ4n) is 11.3. The first kappa shape index (κ1) is 39.4. The predicted octanol–water partition coefficient (Wildman–Crippen LogP) is 9.80. The number of ketones is 1. The maximum atomic E-state index is 13.5. The van der Waals surface area contributed by atoms with Gasteiger partial charge < -0.3 is 14.2 Å². The summed E-state index contributed by atoms with van der Waals surface area (Å²) < 4.78 is 18.7. The van der Waals surface area contributed by atoms with E-state index in [1.165, 1.54) is 12.8 Å². The predicted molar refractivity (Wildman–Crippen MR) is 204 cm³/mol. The average Bonchev–Trinajstić information content (AvgIpc) is 3.18. The lowest BCUT2D eigenvalue weighted by Gasteiger charge is -2.47. The highest BCUT2D eigenvalue weighted by atomic mass is 16.5. The van der Waals surface area contributed by atoms with Gasteiger partial charge in [0.2, 0.25) is 0 Å². The van der Waals surface area contributed by atoms with Gasteiger partial charge in [0.25, 0.3) is 0 Å². The number of terminal acetylenes is 2. The number of rotatable bonds is 10. The van der Waals surface area contributed by atoms with Gasteiger partial charge in [0.05, 0.1) is 24.0 Å². The highest BCUT2D eigenvalue weighted by molar-refractivity contribution is 5.83. The van der Waals surface area contributed by atoms with E-state index in [9.17, 15) is 14.4 Å². The highest BCUT2D eigenvalue weighted by Crippen LogP contribution is 2.49. The van der Waals surface area contributed by atoms with Crippen LogP contribution in [0.3, 0.4) is 0 Å². The van der Waals surface area contributed by atoms with E-state index in [1.807, 2.05) is 0 Å². The van der Waals surface area contributed by atoms with Crippen molar-refractivity contribution in [3.63, 3.8) is 0 Å². The first-order valence-corrected chi connectivity index (χ1v) is 21.6. The summed E-state index contributed by atoms with van der Waals surface area (Å²) in [7, 11) is 0. The summed E-state index contributed by atoms with van der Waals surface area (Å²) >= 11 is 0. The van der Waals surface area contributed by atoms with Gasteiger partial charge in [-0.1, -0.05) is 13.8 Å². The number of hydrogen-bond acceptors (Lipinski definition) is 6. The molecule has 6 fully saturated rings. The molecule has 6 nitrogen and oxygen atoms in total. The molecule has 6 rings (SSSR count). The van der Waals surface area contributed by atoms with Crippen LogP contribution in [0.1, 0.15) is 168 Å². The van der Waals surface area contributed by atoms with Gasteiger partial charge in [-0.3, -0.25) is 14.4 Å². The van der Waals surface area contributed by atoms with E-state index in [2.05, 4.69) is 25.7 Å². The molecule has 0 amide bonds. The van der Waals surface area contributed by atoms with Crippen LogP contribution in [0, 0.1) is 77.4 Å². The molecular formula is C46H68O6. The topological polar surface area (TPSA) is 78.9 Å². The van der Waals surface area contributed by atoms with Crippen LogP contribution in [0.2, 0.25) is 0 Å². The summed E-state index contributed by atoms with van der Waals surface area (Å²) in [5.74, 6) is 8.47. The van der Waals surface area contributed by atoms with Crippen molar-refractivity contribution in [2.24, 2.45) is 52.8 Å². The van der Waals surface area contributed by atoms with Crippen molar-refractivity contribution in [3.8, 4) is 24.7 Å². The van der Waals surface area contributed by atoms with E-state index < -0.39 is 0 Å². The van der Waals surface area contributed by atoms with E-state index in [0.717, 1.165) is 141 Å².